The molecule has 19 heavy (non-hydrogen) atoms. The van der Waals surface area contributed by atoms with Crippen LogP contribution in [0.3, 0.4) is 0 Å². The van der Waals surface area contributed by atoms with E-state index in [0.29, 0.717) is 6.54 Å². The Morgan fingerprint density at radius 3 is 2.84 bits per heavy atom. The fourth-order valence-corrected chi connectivity index (χ4v) is 2.52. The van der Waals surface area contributed by atoms with Crippen molar-refractivity contribution < 1.29 is 9.50 Å². The van der Waals surface area contributed by atoms with Crippen molar-refractivity contribution in [1.29, 1.82) is 0 Å². The van der Waals surface area contributed by atoms with Gasteiger partial charge in [0.05, 0.1) is 6.10 Å². The van der Waals surface area contributed by atoms with Crippen molar-refractivity contribution in [2.24, 2.45) is 0 Å². The highest BCUT2D eigenvalue weighted by Gasteiger charge is 2.09. The zero-order valence-corrected chi connectivity index (χ0v) is 12.4. The van der Waals surface area contributed by atoms with Gasteiger partial charge in [-0.2, -0.15) is 0 Å². The van der Waals surface area contributed by atoms with Gasteiger partial charge in [0.2, 0.25) is 0 Å². The Morgan fingerprint density at radius 1 is 1.37 bits per heavy atom. The van der Waals surface area contributed by atoms with Crippen molar-refractivity contribution in [2.75, 3.05) is 0 Å². The lowest BCUT2D eigenvalue weighted by Crippen LogP contribution is -1.99. The fourth-order valence-electron chi connectivity index (χ4n) is 2.04. The topological polar surface area (TPSA) is 25.2 Å². The number of hydrogen-bond acceptors (Lipinski definition) is 1. The summed E-state index contributed by atoms with van der Waals surface area (Å²) in [4.78, 5) is 0. The van der Waals surface area contributed by atoms with Crippen LogP contribution in [0.5, 0.6) is 0 Å². The molecule has 0 aliphatic rings. The van der Waals surface area contributed by atoms with Gasteiger partial charge in [0.25, 0.3) is 0 Å². The van der Waals surface area contributed by atoms with Gasteiger partial charge in [-0.1, -0.05) is 35.3 Å². The predicted molar refractivity (Wildman–Crippen MR) is 77.5 cm³/mol. The average Bonchev–Trinajstić information content (AvgIpc) is 2.82. The molecule has 1 atom stereocenters. The molecule has 0 saturated heterocycles. The summed E-state index contributed by atoms with van der Waals surface area (Å²) < 4.78 is 15.8. The lowest BCUT2D eigenvalue weighted by Gasteiger charge is -2.08. The maximum Gasteiger partial charge on any atom is 0.124 e. The van der Waals surface area contributed by atoms with Crippen molar-refractivity contribution in [2.45, 2.75) is 32.4 Å². The zero-order chi connectivity index (χ0) is 13.8. The normalized spacial score (nSPS) is 12.6. The van der Waals surface area contributed by atoms with Gasteiger partial charge in [-0.25, -0.2) is 4.39 Å². The number of aromatic nitrogens is 1. The first-order valence-electron chi connectivity index (χ1n) is 6.38. The molecule has 2 rings (SSSR count). The van der Waals surface area contributed by atoms with Crippen LogP contribution < -0.4 is 0 Å². The summed E-state index contributed by atoms with van der Waals surface area (Å²) in [5, 5.41) is 9.92. The third-order valence-electron chi connectivity index (χ3n) is 3.09. The summed E-state index contributed by atoms with van der Waals surface area (Å²) >= 11 is 3.36. The van der Waals surface area contributed by atoms with Crippen molar-refractivity contribution in [3.05, 3.63) is 58.1 Å². The van der Waals surface area contributed by atoms with E-state index in [4.69, 9.17) is 0 Å². The van der Waals surface area contributed by atoms with E-state index in [0.717, 1.165) is 28.4 Å². The van der Waals surface area contributed by atoms with Crippen LogP contribution in [0, 0.1) is 5.82 Å². The van der Waals surface area contributed by atoms with Gasteiger partial charge < -0.3 is 9.67 Å². The number of benzene rings is 1. The van der Waals surface area contributed by atoms with Gasteiger partial charge in [-0.05, 0) is 35.7 Å². The van der Waals surface area contributed by atoms with Gasteiger partial charge in [0, 0.05) is 23.4 Å². The molecular weight excluding hydrogens is 309 g/mol. The lowest BCUT2D eigenvalue weighted by atomic mass is 10.1. The van der Waals surface area contributed by atoms with Crippen molar-refractivity contribution in [3.63, 3.8) is 0 Å². The molecule has 0 fully saturated rings. The number of aliphatic hydroxyl groups excluding tert-OH is 1. The van der Waals surface area contributed by atoms with E-state index in [1.54, 1.807) is 6.07 Å². The third-order valence-corrected chi connectivity index (χ3v) is 3.83. The van der Waals surface area contributed by atoms with Crippen LogP contribution in [0.2, 0.25) is 0 Å². The number of halogens is 2. The second-order valence-electron chi connectivity index (χ2n) is 4.66. The van der Waals surface area contributed by atoms with E-state index >= 15 is 0 Å². The molecule has 0 aliphatic heterocycles. The summed E-state index contributed by atoms with van der Waals surface area (Å²) in [6.07, 6.45) is 5.20. The van der Waals surface area contributed by atoms with Crippen LogP contribution in [0.25, 0.3) is 0 Å². The summed E-state index contributed by atoms with van der Waals surface area (Å²) in [6.45, 7) is 2.70. The number of rotatable bonds is 5. The smallest absolute Gasteiger partial charge is 0.124 e. The molecule has 102 valence electrons. The van der Waals surface area contributed by atoms with Crippen LogP contribution in [0.4, 0.5) is 4.39 Å². The molecule has 1 heterocycles. The summed E-state index contributed by atoms with van der Waals surface area (Å²) in [5.41, 5.74) is 1.94. The number of nitrogens with zero attached hydrogens (tertiary/aromatic N) is 1. The molecule has 1 N–H and O–H groups in total. The standard InChI is InChI=1S/C15H17BrFNO/c1-2-3-15(19)12-6-7-18(10-12)9-11-4-5-13(17)8-14(11)16/h4-8,10,15,19H,2-3,9H2,1H3. The van der Waals surface area contributed by atoms with Crippen LogP contribution in [0.1, 0.15) is 37.0 Å². The Balaban J connectivity index is 2.11. The molecule has 4 heteroatoms. The molecule has 0 aliphatic carbocycles. The Hall–Kier alpha value is -1.13. The van der Waals surface area contributed by atoms with E-state index in [9.17, 15) is 9.50 Å². The Morgan fingerprint density at radius 2 is 2.16 bits per heavy atom. The monoisotopic (exact) mass is 325 g/mol. The second-order valence-corrected chi connectivity index (χ2v) is 5.51. The summed E-state index contributed by atoms with van der Waals surface area (Å²) in [6, 6.07) is 6.61. The summed E-state index contributed by atoms with van der Waals surface area (Å²) in [5.74, 6) is -0.248. The first kappa shape index (κ1) is 14.3. The van der Waals surface area contributed by atoms with Crippen molar-refractivity contribution in [1.82, 2.24) is 4.57 Å². The lowest BCUT2D eigenvalue weighted by molar-refractivity contribution is 0.166. The Kier molecular flexibility index (Phi) is 4.77. The molecule has 0 amide bonds. The van der Waals surface area contributed by atoms with Crippen LogP contribution in [0.15, 0.2) is 41.1 Å². The highest BCUT2D eigenvalue weighted by Crippen LogP contribution is 2.22. The summed E-state index contributed by atoms with van der Waals surface area (Å²) in [7, 11) is 0. The average molecular weight is 326 g/mol. The molecule has 1 aromatic heterocycles. The van der Waals surface area contributed by atoms with Gasteiger partial charge in [0.1, 0.15) is 5.82 Å². The van der Waals surface area contributed by atoms with E-state index in [1.165, 1.54) is 12.1 Å². The van der Waals surface area contributed by atoms with E-state index in [-0.39, 0.29) is 5.82 Å². The third kappa shape index (κ3) is 3.67. The fraction of sp³-hybridized carbons (Fsp3) is 0.333. The van der Waals surface area contributed by atoms with Gasteiger partial charge in [-0.15, -0.1) is 0 Å². The molecule has 2 aromatic rings. The van der Waals surface area contributed by atoms with E-state index < -0.39 is 6.10 Å². The molecule has 1 aromatic carbocycles. The largest absolute Gasteiger partial charge is 0.388 e. The number of hydrogen-bond donors (Lipinski definition) is 1. The van der Waals surface area contributed by atoms with Crippen molar-refractivity contribution in [3.8, 4) is 0 Å². The highest BCUT2D eigenvalue weighted by atomic mass is 79.9. The quantitative estimate of drug-likeness (QED) is 0.872. The minimum atomic E-state index is -0.400. The molecule has 0 radical (unpaired) electrons. The molecule has 0 saturated carbocycles. The second kappa shape index (κ2) is 6.35. The number of aliphatic hydroxyl groups is 1. The SMILES string of the molecule is CCCC(O)c1ccn(Cc2ccc(F)cc2Br)c1. The predicted octanol–water partition coefficient (Wildman–Crippen LogP) is 4.27. The minimum absolute atomic E-state index is 0.248. The maximum atomic E-state index is 13.0. The van der Waals surface area contributed by atoms with Crippen LogP contribution in [-0.4, -0.2) is 9.67 Å². The minimum Gasteiger partial charge on any atom is -0.388 e. The maximum absolute atomic E-state index is 13.0. The molecule has 2 nitrogen and oxygen atoms in total. The van der Waals surface area contributed by atoms with E-state index in [2.05, 4.69) is 22.9 Å². The Labute approximate surface area is 121 Å². The van der Waals surface area contributed by atoms with Crippen molar-refractivity contribution >= 4 is 15.9 Å². The highest BCUT2D eigenvalue weighted by molar-refractivity contribution is 9.10. The zero-order valence-electron chi connectivity index (χ0n) is 10.8. The van der Waals surface area contributed by atoms with E-state index in [1.807, 2.05) is 23.0 Å². The molecular formula is C15H17BrFNO. The van der Waals surface area contributed by atoms with Gasteiger partial charge in [-0.3, -0.25) is 0 Å². The first-order valence-corrected chi connectivity index (χ1v) is 7.17. The van der Waals surface area contributed by atoms with Gasteiger partial charge in [0.15, 0.2) is 0 Å². The molecule has 1 unspecified atom stereocenters. The first-order chi connectivity index (χ1) is 9.10. The Bertz CT molecular complexity index is 553. The molecule has 0 spiro atoms. The van der Waals surface area contributed by atoms with Crippen LogP contribution in [-0.2, 0) is 6.54 Å². The van der Waals surface area contributed by atoms with Crippen LogP contribution >= 0.6 is 15.9 Å². The molecule has 0 bridgehead atoms. The van der Waals surface area contributed by atoms with Gasteiger partial charge >= 0.3 is 0 Å².